The molecule has 2 rings (SSSR count). The third kappa shape index (κ3) is 3.06. The van der Waals surface area contributed by atoms with Crippen molar-refractivity contribution in [1.29, 1.82) is 0 Å². The number of halogens is 1. The van der Waals surface area contributed by atoms with Gasteiger partial charge in [0.1, 0.15) is 6.04 Å². The van der Waals surface area contributed by atoms with E-state index in [1.54, 1.807) is 0 Å². The van der Waals surface area contributed by atoms with E-state index in [1.165, 1.54) is 6.07 Å². The topological polar surface area (TPSA) is 113 Å². The quantitative estimate of drug-likeness (QED) is 0.523. The fourth-order valence-electron chi connectivity index (χ4n) is 1.71. The summed E-state index contributed by atoms with van der Waals surface area (Å²) in [5.41, 5.74) is -0.602. The van der Waals surface area contributed by atoms with Crippen molar-refractivity contribution in [2.75, 3.05) is 18.4 Å². The third-order valence-corrected chi connectivity index (χ3v) is 2.74. The highest BCUT2D eigenvalue weighted by molar-refractivity contribution is 5.96. The van der Waals surface area contributed by atoms with Gasteiger partial charge in [-0.2, -0.15) is 4.39 Å². The molecule has 0 bridgehead atoms. The van der Waals surface area contributed by atoms with E-state index in [2.05, 4.69) is 16.0 Å². The molecule has 0 spiro atoms. The number of nitrogens with zero attached hydrogens (tertiary/aromatic N) is 1. The molecule has 1 heterocycles. The first-order chi connectivity index (χ1) is 9.47. The Balaban J connectivity index is 2.06. The summed E-state index contributed by atoms with van der Waals surface area (Å²) >= 11 is 0. The Morgan fingerprint density at radius 1 is 1.50 bits per heavy atom. The van der Waals surface area contributed by atoms with Crippen LogP contribution in [0.5, 0.6) is 0 Å². The van der Waals surface area contributed by atoms with Crippen molar-refractivity contribution in [1.82, 2.24) is 10.6 Å². The van der Waals surface area contributed by atoms with Crippen LogP contribution in [0, 0.1) is 15.9 Å². The van der Waals surface area contributed by atoms with E-state index in [0.29, 0.717) is 0 Å². The Morgan fingerprint density at radius 2 is 2.25 bits per heavy atom. The fraction of sp³-hybridized carbons (Fsp3) is 0.273. The lowest BCUT2D eigenvalue weighted by molar-refractivity contribution is -0.387. The molecule has 8 nitrogen and oxygen atoms in total. The minimum atomic E-state index is -0.976. The first kappa shape index (κ1) is 13.9. The van der Waals surface area contributed by atoms with E-state index in [-0.39, 0.29) is 24.7 Å². The minimum Gasteiger partial charge on any atom is -0.353 e. The molecule has 106 valence electrons. The Bertz CT molecular complexity index is 568. The zero-order chi connectivity index (χ0) is 14.7. The number of rotatable bonds is 3. The average Bonchev–Trinajstić information content (AvgIpc) is 2.41. The summed E-state index contributed by atoms with van der Waals surface area (Å²) in [6, 6.07) is 2.43. The van der Waals surface area contributed by atoms with Gasteiger partial charge < -0.3 is 10.6 Å². The van der Waals surface area contributed by atoms with Gasteiger partial charge in [-0.1, -0.05) is 0 Å². The lowest BCUT2D eigenvalue weighted by atomic mass is 10.2. The largest absolute Gasteiger partial charge is 0.353 e. The predicted octanol–water partition coefficient (Wildman–Crippen LogP) is -0.240. The molecule has 1 fully saturated rings. The SMILES string of the molecule is O=C1CNC(C(=O)Nc2ccc(F)c([N+](=O)[O-])c2)CN1. The van der Waals surface area contributed by atoms with Crippen LogP contribution in [0.25, 0.3) is 0 Å². The molecule has 1 aliphatic rings. The van der Waals surface area contributed by atoms with E-state index in [0.717, 1.165) is 12.1 Å². The van der Waals surface area contributed by atoms with E-state index in [9.17, 15) is 24.1 Å². The van der Waals surface area contributed by atoms with Gasteiger partial charge in [0, 0.05) is 18.3 Å². The normalized spacial score (nSPS) is 18.2. The highest BCUT2D eigenvalue weighted by Crippen LogP contribution is 2.21. The molecule has 3 N–H and O–H groups in total. The Labute approximate surface area is 112 Å². The number of nitro benzene ring substituents is 1. The van der Waals surface area contributed by atoms with E-state index >= 15 is 0 Å². The first-order valence-electron chi connectivity index (χ1n) is 5.72. The summed E-state index contributed by atoms with van der Waals surface area (Å²) in [7, 11) is 0. The number of hydrogen-bond acceptors (Lipinski definition) is 5. The van der Waals surface area contributed by atoms with E-state index in [4.69, 9.17) is 0 Å². The van der Waals surface area contributed by atoms with Gasteiger partial charge in [0.2, 0.25) is 17.6 Å². The Kier molecular flexibility index (Phi) is 3.89. The second-order valence-corrected chi connectivity index (χ2v) is 4.15. The molecular weight excluding hydrogens is 271 g/mol. The summed E-state index contributed by atoms with van der Waals surface area (Å²) < 4.78 is 13.1. The van der Waals surface area contributed by atoms with Crippen LogP contribution in [-0.2, 0) is 9.59 Å². The van der Waals surface area contributed by atoms with Crippen molar-refractivity contribution in [3.63, 3.8) is 0 Å². The second-order valence-electron chi connectivity index (χ2n) is 4.15. The van der Waals surface area contributed by atoms with Crippen LogP contribution in [0.15, 0.2) is 18.2 Å². The summed E-state index contributed by atoms with van der Waals surface area (Å²) in [6.45, 7) is 0.135. The van der Waals surface area contributed by atoms with Gasteiger partial charge >= 0.3 is 5.69 Å². The maximum Gasteiger partial charge on any atom is 0.306 e. The molecule has 1 aromatic carbocycles. The number of nitrogens with one attached hydrogen (secondary N) is 3. The smallest absolute Gasteiger partial charge is 0.306 e. The van der Waals surface area contributed by atoms with Gasteiger partial charge in [-0.25, -0.2) is 0 Å². The number of anilines is 1. The molecule has 2 amide bonds. The van der Waals surface area contributed by atoms with Crippen molar-refractivity contribution in [3.8, 4) is 0 Å². The monoisotopic (exact) mass is 282 g/mol. The zero-order valence-electron chi connectivity index (χ0n) is 10.2. The number of benzene rings is 1. The Hall–Kier alpha value is -2.55. The molecule has 9 heteroatoms. The summed E-state index contributed by atoms with van der Waals surface area (Å²) in [5.74, 6) is -1.66. The van der Waals surface area contributed by atoms with Crippen LogP contribution < -0.4 is 16.0 Å². The van der Waals surface area contributed by atoms with Gasteiger partial charge in [0.25, 0.3) is 0 Å². The van der Waals surface area contributed by atoms with Crippen LogP contribution in [0.3, 0.4) is 0 Å². The van der Waals surface area contributed by atoms with Gasteiger partial charge in [0.15, 0.2) is 0 Å². The number of nitro groups is 1. The maximum absolute atomic E-state index is 13.1. The summed E-state index contributed by atoms with van der Waals surface area (Å²) in [5, 5.41) is 18.2. The highest BCUT2D eigenvalue weighted by Gasteiger charge is 2.24. The number of carbonyl (C=O) groups excluding carboxylic acids is 2. The number of amides is 2. The van der Waals surface area contributed by atoms with Crippen LogP contribution in [0.2, 0.25) is 0 Å². The van der Waals surface area contributed by atoms with Gasteiger partial charge in [0.05, 0.1) is 11.5 Å². The molecule has 1 atom stereocenters. The predicted molar refractivity (Wildman–Crippen MR) is 66.5 cm³/mol. The van der Waals surface area contributed by atoms with Crippen molar-refractivity contribution >= 4 is 23.2 Å². The number of carbonyl (C=O) groups is 2. The molecule has 1 aromatic rings. The standard InChI is InChI=1S/C11H11FN4O4/c12-7-2-1-6(3-9(7)16(19)20)15-11(18)8-4-14-10(17)5-13-8/h1-3,8,13H,4-5H2,(H,14,17)(H,15,18). The lowest BCUT2D eigenvalue weighted by Crippen LogP contribution is -2.56. The third-order valence-electron chi connectivity index (χ3n) is 2.74. The van der Waals surface area contributed by atoms with Crippen molar-refractivity contribution in [2.45, 2.75) is 6.04 Å². The zero-order valence-corrected chi connectivity index (χ0v) is 10.2. The van der Waals surface area contributed by atoms with Crippen LogP contribution in [0.4, 0.5) is 15.8 Å². The molecule has 0 aliphatic carbocycles. The number of hydrogen-bond donors (Lipinski definition) is 3. The summed E-state index contributed by atoms with van der Waals surface area (Å²) in [4.78, 5) is 32.5. The molecular formula is C11H11FN4O4. The van der Waals surface area contributed by atoms with Gasteiger partial charge in [-0.05, 0) is 12.1 Å². The highest BCUT2D eigenvalue weighted by atomic mass is 19.1. The molecule has 0 radical (unpaired) electrons. The Morgan fingerprint density at radius 3 is 2.85 bits per heavy atom. The number of piperazine rings is 1. The van der Waals surface area contributed by atoms with Crippen molar-refractivity contribution < 1.29 is 18.9 Å². The molecule has 1 aliphatic heterocycles. The van der Waals surface area contributed by atoms with Gasteiger partial charge in [-0.3, -0.25) is 25.0 Å². The van der Waals surface area contributed by atoms with Crippen LogP contribution >= 0.6 is 0 Å². The van der Waals surface area contributed by atoms with Crippen molar-refractivity contribution in [3.05, 3.63) is 34.1 Å². The second kappa shape index (κ2) is 5.61. The molecule has 0 aromatic heterocycles. The lowest BCUT2D eigenvalue weighted by Gasteiger charge is -2.23. The van der Waals surface area contributed by atoms with E-state index in [1.807, 2.05) is 0 Å². The summed E-state index contributed by atoms with van der Waals surface area (Å²) in [6.07, 6.45) is 0. The van der Waals surface area contributed by atoms with Gasteiger partial charge in [-0.15, -0.1) is 0 Å². The molecule has 20 heavy (non-hydrogen) atoms. The average molecular weight is 282 g/mol. The first-order valence-corrected chi connectivity index (χ1v) is 5.72. The fourth-order valence-corrected chi connectivity index (χ4v) is 1.71. The van der Waals surface area contributed by atoms with Crippen LogP contribution in [-0.4, -0.2) is 35.9 Å². The molecule has 1 unspecified atom stereocenters. The maximum atomic E-state index is 13.1. The molecule has 0 saturated carbocycles. The van der Waals surface area contributed by atoms with Crippen molar-refractivity contribution in [2.24, 2.45) is 0 Å². The van der Waals surface area contributed by atoms with E-state index < -0.39 is 28.4 Å². The molecule has 1 saturated heterocycles. The van der Waals surface area contributed by atoms with Crippen LogP contribution in [0.1, 0.15) is 0 Å². The minimum absolute atomic E-state index is 0.0155.